The zero-order valence-corrected chi connectivity index (χ0v) is 13.9. The number of imide groups is 1. The number of carbonyl (C=O) groups excluding carboxylic acids is 3. The molecule has 2 aromatic rings. The van der Waals surface area contributed by atoms with E-state index in [2.05, 4.69) is 5.32 Å². The maximum Gasteiger partial charge on any atom is 0.265 e. The molecule has 0 spiro atoms. The lowest BCUT2D eigenvalue weighted by atomic mass is 10.1. The minimum absolute atomic E-state index is 0.0112. The first-order valence-electron chi connectivity index (χ1n) is 7.97. The topological polar surface area (TPSA) is 66.5 Å². The first-order valence-corrected chi connectivity index (χ1v) is 7.97. The molecule has 128 valence electrons. The Labute approximate surface area is 144 Å². The van der Waals surface area contributed by atoms with Crippen LogP contribution in [-0.4, -0.2) is 29.2 Å². The fourth-order valence-electron chi connectivity index (χ4n) is 2.96. The summed E-state index contributed by atoms with van der Waals surface area (Å²) in [6, 6.07) is 9.54. The van der Waals surface area contributed by atoms with Crippen LogP contribution < -0.4 is 5.32 Å². The third-order valence-electron chi connectivity index (χ3n) is 4.25. The van der Waals surface area contributed by atoms with Crippen LogP contribution in [0.2, 0.25) is 0 Å². The fourth-order valence-corrected chi connectivity index (χ4v) is 2.96. The lowest BCUT2D eigenvalue weighted by Crippen LogP contribution is -2.37. The van der Waals surface area contributed by atoms with Crippen LogP contribution in [0.5, 0.6) is 0 Å². The molecule has 0 radical (unpaired) electrons. The number of fused-ring (bicyclic) bond motifs is 1. The predicted molar refractivity (Wildman–Crippen MR) is 91.0 cm³/mol. The summed E-state index contributed by atoms with van der Waals surface area (Å²) in [5.41, 5.74) is 2.24. The van der Waals surface area contributed by atoms with Crippen molar-refractivity contribution in [1.82, 2.24) is 4.90 Å². The monoisotopic (exact) mass is 340 g/mol. The zero-order chi connectivity index (χ0) is 18.1. The number of carbonyl (C=O) groups is 3. The molecule has 3 amide bonds. The summed E-state index contributed by atoms with van der Waals surface area (Å²) in [6.45, 7) is 3.38. The Bertz CT molecular complexity index is 892. The van der Waals surface area contributed by atoms with Crippen molar-refractivity contribution in [3.05, 3.63) is 64.5 Å². The largest absolute Gasteiger partial charge is 0.324 e. The van der Waals surface area contributed by atoms with Crippen molar-refractivity contribution in [3.63, 3.8) is 0 Å². The summed E-state index contributed by atoms with van der Waals surface area (Å²) < 4.78 is 13.8. The molecule has 2 aromatic carbocycles. The van der Waals surface area contributed by atoms with Crippen LogP contribution >= 0.6 is 0 Å². The van der Waals surface area contributed by atoms with E-state index in [0.29, 0.717) is 5.69 Å². The number of aryl methyl sites for hydroxylation is 2. The Hall–Kier alpha value is -3.02. The van der Waals surface area contributed by atoms with Crippen LogP contribution in [0.1, 0.15) is 38.8 Å². The number of amides is 3. The summed E-state index contributed by atoms with van der Waals surface area (Å²) in [5.74, 6) is -2.70. The van der Waals surface area contributed by atoms with E-state index in [-0.39, 0.29) is 11.1 Å². The number of hydrogen-bond acceptors (Lipinski definition) is 3. The van der Waals surface area contributed by atoms with Crippen LogP contribution in [0, 0.1) is 12.7 Å². The van der Waals surface area contributed by atoms with Crippen molar-refractivity contribution in [1.29, 1.82) is 0 Å². The average Bonchev–Trinajstić information content (AvgIpc) is 2.82. The summed E-state index contributed by atoms with van der Waals surface area (Å²) >= 11 is 0. The number of hydrogen-bond donors (Lipinski definition) is 1. The normalized spacial score (nSPS) is 13.2. The second kappa shape index (κ2) is 6.47. The smallest absolute Gasteiger partial charge is 0.265 e. The van der Waals surface area contributed by atoms with Crippen molar-refractivity contribution in [2.24, 2.45) is 0 Å². The van der Waals surface area contributed by atoms with Gasteiger partial charge in [0, 0.05) is 5.69 Å². The molecular formula is C19H17FN2O3. The van der Waals surface area contributed by atoms with E-state index in [0.717, 1.165) is 28.5 Å². The van der Waals surface area contributed by atoms with Gasteiger partial charge in [-0.3, -0.25) is 19.3 Å². The maximum absolute atomic E-state index is 13.8. The van der Waals surface area contributed by atoms with E-state index in [9.17, 15) is 18.8 Å². The molecule has 1 heterocycles. The SMILES string of the molecule is CCc1cccc(C)c1NC(=O)CN1C(=O)c2cccc(F)c2C1=O. The second-order valence-corrected chi connectivity index (χ2v) is 5.87. The maximum atomic E-state index is 13.8. The van der Waals surface area contributed by atoms with Gasteiger partial charge in [-0.05, 0) is 36.6 Å². The van der Waals surface area contributed by atoms with E-state index < -0.39 is 30.1 Å². The summed E-state index contributed by atoms with van der Waals surface area (Å²) in [6.07, 6.45) is 0.732. The van der Waals surface area contributed by atoms with Gasteiger partial charge in [-0.25, -0.2) is 4.39 Å². The average molecular weight is 340 g/mol. The standard InChI is InChI=1S/C19H17FN2O3/c1-3-12-7-4-6-11(2)17(12)21-15(23)10-22-18(24)13-8-5-9-14(20)16(13)19(22)25/h4-9H,3,10H2,1-2H3,(H,21,23). The number of benzene rings is 2. The Kier molecular flexibility index (Phi) is 4.35. The van der Waals surface area contributed by atoms with Gasteiger partial charge in [0.1, 0.15) is 12.4 Å². The van der Waals surface area contributed by atoms with E-state index in [1.54, 1.807) is 0 Å². The number of para-hydroxylation sites is 1. The van der Waals surface area contributed by atoms with Gasteiger partial charge in [0.2, 0.25) is 5.91 Å². The van der Waals surface area contributed by atoms with Crippen LogP contribution in [0.4, 0.5) is 10.1 Å². The van der Waals surface area contributed by atoms with Gasteiger partial charge in [0.15, 0.2) is 0 Å². The van der Waals surface area contributed by atoms with Crippen molar-refractivity contribution >= 4 is 23.4 Å². The first-order chi connectivity index (χ1) is 11.9. The molecule has 0 fully saturated rings. The molecule has 0 bridgehead atoms. The molecule has 0 atom stereocenters. The third kappa shape index (κ3) is 2.91. The minimum atomic E-state index is -0.784. The minimum Gasteiger partial charge on any atom is -0.324 e. The van der Waals surface area contributed by atoms with Gasteiger partial charge >= 0.3 is 0 Å². The highest BCUT2D eigenvalue weighted by molar-refractivity contribution is 6.22. The highest BCUT2D eigenvalue weighted by atomic mass is 19.1. The Morgan fingerprint density at radius 1 is 1.12 bits per heavy atom. The predicted octanol–water partition coefficient (Wildman–Crippen LogP) is 2.93. The molecular weight excluding hydrogens is 323 g/mol. The lowest BCUT2D eigenvalue weighted by Gasteiger charge is -2.16. The third-order valence-corrected chi connectivity index (χ3v) is 4.25. The van der Waals surface area contributed by atoms with Crippen LogP contribution in [0.15, 0.2) is 36.4 Å². The Morgan fingerprint density at radius 3 is 2.52 bits per heavy atom. The molecule has 0 saturated heterocycles. The van der Waals surface area contributed by atoms with Gasteiger partial charge in [-0.1, -0.05) is 31.2 Å². The number of halogens is 1. The molecule has 1 N–H and O–H groups in total. The summed E-state index contributed by atoms with van der Waals surface area (Å²) in [4.78, 5) is 37.7. The van der Waals surface area contributed by atoms with Crippen LogP contribution in [0.3, 0.4) is 0 Å². The summed E-state index contributed by atoms with van der Waals surface area (Å²) in [5, 5.41) is 2.76. The van der Waals surface area contributed by atoms with Crippen molar-refractivity contribution in [2.75, 3.05) is 11.9 Å². The van der Waals surface area contributed by atoms with Gasteiger partial charge in [-0.15, -0.1) is 0 Å². The van der Waals surface area contributed by atoms with E-state index >= 15 is 0 Å². The van der Waals surface area contributed by atoms with Gasteiger partial charge in [0.05, 0.1) is 11.1 Å². The van der Waals surface area contributed by atoms with Gasteiger partial charge in [-0.2, -0.15) is 0 Å². The Balaban J connectivity index is 1.80. The van der Waals surface area contributed by atoms with E-state index in [4.69, 9.17) is 0 Å². The number of nitrogens with zero attached hydrogens (tertiary/aromatic N) is 1. The van der Waals surface area contributed by atoms with E-state index in [1.165, 1.54) is 12.1 Å². The van der Waals surface area contributed by atoms with Crippen molar-refractivity contribution in [2.45, 2.75) is 20.3 Å². The van der Waals surface area contributed by atoms with Gasteiger partial charge < -0.3 is 5.32 Å². The molecule has 0 aromatic heterocycles. The molecule has 0 saturated carbocycles. The van der Waals surface area contributed by atoms with Crippen LogP contribution in [0.25, 0.3) is 0 Å². The molecule has 0 unspecified atom stereocenters. The quantitative estimate of drug-likeness (QED) is 0.870. The molecule has 3 rings (SSSR count). The summed E-state index contributed by atoms with van der Waals surface area (Å²) in [7, 11) is 0. The lowest BCUT2D eigenvalue weighted by molar-refractivity contribution is -0.116. The van der Waals surface area contributed by atoms with Gasteiger partial charge in [0.25, 0.3) is 11.8 Å². The van der Waals surface area contributed by atoms with Crippen molar-refractivity contribution in [3.8, 4) is 0 Å². The Morgan fingerprint density at radius 2 is 1.84 bits per heavy atom. The fraction of sp³-hybridized carbons (Fsp3) is 0.211. The van der Waals surface area contributed by atoms with E-state index in [1.807, 2.05) is 32.0 Å². The number of nitrogens with one attached hydrogen (secondary N) is 1. The molecule has 6 heteroatoms. The molecule has 1 aliphatic rings. The molecule has 5 nitrogen and oxygen atoms in total. The molecule has 25 heavy (non-hydrogen) atoms. The van der Waals surface area contributed by atoms with Crippen molar-refractivity contribution < 1.29 is 18.8 Å². The highest BCUT2D eigenvalue weighted by Gasteiger charge is 2.38. The van der Waals surface area contributed by atoms with Crippen LogP contribution in [-0.2, 0) is 11.2 Å². The molecule has 1 aliphatic heterocycles. The highest BCUT2D eigenvalue weighted by Crippen LogP contribution is 2.26. The molecule has 0 aliphatic carbocycles. The number of anilines is 1. The zero-order valence-electron chi connectivity index (χ0n) is 13.9. The first kappa shape index (κ1) is 16.8. The second-order valence-electron chi connectivity index (χ2n) is 5.87. The number of rotatable bonds is 4.